The number of carbonyl (C=O) groups excluding carboxylic acids is 2. The maximum absolute atomic E-state index is 13.3. The highest BCUT2D eigenvalue weighted by molar-refractivity contribution is 6.35. The Kier molecular flexibility index (Phi) is 4.77. The zero-order valence-electron chi connectivity index (χ0n) is 14.9. The Morgan fingerprint density at radius 3 is 2.46 bits per heavy atom. The maximum Gasteiger partial charge on any atom is 0.255 e. The van der Waals surface area contributed by atoms with E-state index in [0.717, 1.165) is 5.69 Å². The molecule has 0 saturated carbocycles. The fourth-order valence-corrected chi connectivity index (χ4v) is 3.64. The van der Waals surface area contributed by atoms with Gasteiger partial charge < -0.3 is 10.6 Å². The fourth-order valence-electron chi connectivity index (χ4n) is 3.40. The van der Waals surface area contributed by atoms with Crippen LogP contribution in [-0.2, 0) is 0 Å². The van der Waals surface area contributed by atoms with Gasteiger partial charge in [-0.3, -0.25) is 14.2 Å². The van der Waals surface area contributed by atoms with E-state index in [-0.39, 0.29) is 5.91 Å². The van der Waals surface area contributed by atoms with Crippen molar-refractivity contribution < 1.29 is 14.0 Å². The summed E-state index contributed by atoms with van der Waals surface area (Å²) in [6, 6.07) is 8.46. The van der Waals surface area contributed by atoms with Gasteiger partial charge >= 0.3 is 0 Å². The summed E-state index contributed by atoms with van der Waals surface area (Å²) in [5.74, 6) is -0.670. The van der Waals surface area contributed by atoms with Crippen LogP contribution in [0.2, 0.25) is 5.02 Å². The lowest BCUT2D eigenvalue weighted by molar-refractivity contribution is 0.0666. The average Bonchev–Trinajstić information content (AvgIpc) is 3.04. The van der Waals surface area contributed by atoms with Crippen LogP contribution in [0.1, 0.15) is 33.6 Å². The number of nitrogens with zero attached hydrogens (tertiary/aromatic N) is 3. The number of amides is 2. The predicted molar refractivity (Wildman–Crippen MR) is 105 cm³/mol. The van der Waals surface area contributed by atoms with E-state index in [2.05, 4.69) is 4.98 Å². The topological polar surface area (TPSA) is 81.2 Å². The van der Waals surface area contributed by atoms with Gasteiger partial charge in [0.1, 0.15) is 11.8 Å². The number of benzene rings is 1. The second kappa shape index (κ2) is 7.24. The number of alkyl halides is 1. The molecule has 1 aromatic carbocycles. The van der Waals surface area contributed by atoms with Crippen molar-refractivity contribution in [3.63, 3.8) is 0 Å². The first-order valence-electron chi connectivity index (χ1n) is 8.94. The number of fused-ring (bicyclic) bond motifs is 1. The van der Waals surface area contributed by atoms with Crippen LogP contribution in [0.25, 0.3) is 16.7 Å². The molecule has 28 heavy (non-hydrogen) atoms. The van der Waals surface area contributed by atoms with Gasteiger partial charge in [0, 0.05) is 42.1 Å². The van der Waals surface area contributed by atoms with Gasteiger partial charge in [-0.1, -0.05) is 11.6 Å². The van der Waals surface area contributed by atoms with Crippen LogP contribution in [-0.4, -0.2) is 45.5 Å². The van der Waals surface area contributed by atoms with Crippen molar-refractivity contribution in [2.75, 3.05) is 13.1 Å². The number of halogens is 2. The summed E-state index contributed by atoms with van der Waals surface area (Å²) in [5.41, 5.74) is 7.46. The third kappa shape index (κ3) is 3.33. The van der Waals surface area contributed by atoms with Gasteiger partial charge in [0.15, 0.2) is 0 Å². The van der Waals surface area contributed by atoms with E-state index in [4.69, 9.17) is 17.3 Å². The first-order chi connectivity index (χ1) is 13.4. The molecule has 6 nitrogen and oxygen atoms in total. The molecule has 0 aliphatic carbocycles. The molecule has 0 spiro atoms. The molecule has 0 radical (unpaired) electrons. The summed E-state index contributed by atoms with van der Waals surface area (Å²) in [6.07, 6.45) is 3.10. The highest BCUT2D eigenvalue weighted by Gasteiger charge is 2.24. The molecule has 1 aliphatic rings. The molecule has 0 atom stereocenters. The number of pyridine rings is 1. The smallest absolute Gasteiger partial charge is 0.255 e. The van der Waals surface area contributed by atoms with E-state index in [1.807, 2.05) is 0 Å². The van der Waals surface area contributed by atoms with Crippen molar-refractivity contribution in [2.24, 2.45) is 5.73 Å². The van der Waals surface area contributed by atoms with Gasteiger partial charge in [-0.2, -0.15) is 0 Å². The highest BCUT2D eigenvalue weighted by Crippen LogP contribution is 2.28. The molecule has 8 heteroatoms. The molecule has 2 N–H and O–H groups in total. The molecule has 4 rings (SSSR count). The Morgan fingerprint density at radius 2 is 1.82 bits per heavy atom. The summed E-state index contributed by atoms with van der Waals surface area (Å²) in [5, 5.41) is 1.10. The number of hydrogen-bond donors (Lipinski definition) is 1. The largest absolute Gasteiger partial charge is 0.366 e. The van der Waals surface area contributed by atoms with Crippen LogP contribution >= 0.6 is 11.6 Å². The summed E-state index contributed by atoms with van der Waals surface area (Å²) in [7, 11) is 0. The van der Waals surface area contributed by atoms with Crippen molar-refractivity contribution >= 4 is 34.4 Å². The first-order valence-corrected chi connectivity index (χ1v) is 9.32. The number of aromatic nitrogens is 2. The van der Waals surface area contributed by atoms with Gasteiger partial charge in [-0.25, -0.2) is 9.37 Å². The summed E-state index contributed by atoms with van der Waals surface area (Å²) < 4.78 is 15.1. The minimum Gasteiger partial charge on any atom is -0.366 e. The average molecular weight is 401 g/mol. The second-order valence-electron chi connectivity index (χ2n) is 6.82. The van der Waals surface area contributed by atoms with E-state index in [1.165, 1.54) is 6.20 Å². The normalized spacial score (nSPS) is 15.1. The zero-order chi connectivity index (χ0) is 19.8. The van der Waals surface area contributed by atoms with Crippen LogP contribution in [0.5, 0.6) is 0 Å². The van der Waals surface area contributed by atoms with Crippen molar-refractivity contribution in [1.29, 1.82) is 0 Å². The summed E-state index contributed by atoms with van der Waals surface area (Å²) in [6.45, 7) is 0.804. The van der Waals surface area contributed by atoms with Crippen LogP contribution < -0.4 is 5.73 Å². The number of nitrogens with two attached hydrogens (primary N) is 1. The molecular weight excluding hydrogens is 383 g/mol. The minimum atomic E-state index is -0.839. The third-order valence-electron chi connectivity index (χ3n) is 4.98. The Labute approximate surface area is 165 Å². The van der Waals surface area contributed by atoms with Gasteiger partial charge in [-0.15, -0.1) is 0 Å². The molecule has 1 aliphatic heterocycles. The number of likely N-dealkylation sites (tertiary alicyclic amines) is 1. The van der Waals surface area contributed by atoms with Gasteiger partial charge in [0.05, 0.1) is 10.6 Å². The number of rotatable bonds is 3. The standard InChI is InChI=1S/C20H18ClFN4O2/c21-17-11-26(15-3-1-12(2-4-15)18(23)27)19-16(17)9-13(10-24-19)20(28)25-7-5-14(22)6-8-25/h1-4,9-11,14H,5-8H2,(H2,23,27). The lowest BCUT2D eigenvalue weighted by Gasteiger charge is -2.28. The Balaban J connectivity index is 1.67. The fraction of sp³-hybridized carbons (Fsp3) is 0.250. The Hall–Kier alpha value is -2.93. The monoisotopic (exact) mass is 400 g/mol. The van der Waals surface area contributed by atoms with Gasteiger partial charge in [0.2, 0.25) is 5.91 Å². The molecule has 0 unspecified atom stereocenters. The first kappa shape index (κ1) is 18.4. The minimum absolute atomic E-state index is 0.170. The molecule has 0 bridgehead atoms. The molecule has 144 valence electrons. The van der Waals surface area contributed by atoms with Crippen molar-refractivity contribution in [1.82, 2.24) is 14.5 Å². The van der Waals surface area contributed by atoms with Crippen molar-refractivity contribution in [3.05, 3.63) is 58.9 Å². The quantitative estimate of drug-likeness (QED) is 0.732. The summed E-state index contributed by atoms with van der Waals surface area (Å²) in [4.78, 5) is 30.0. The van der Waals surface area contributed by atoms with Crippen molar-refractivity contribution in [3.8, 4) is 5.69 Å². The van der Waals surface area contributed by atoms with E-state index < -0.39 is 12.1 Å². The molecule has 2 aromatic heterocycles. The van der Waals surface area contributed by atoms with E-state index in [1.54, 1.807) is 46.0 Å². The van der Waals surface area contributed by atoms with E-state index >= 15 is 0 Å². The van der Waals surface area contributed by atoms with E-state index in [0.29, 0.717) is 53.1 Å². The van der Waals surface area contributed by atoms with E-state index in [9.17, 15) is 14.0 Å². The summed E-state index contributed by atoms with van der Waals surface area (Å²) >= 11 is 6.38. The lowest BCUT2D eigenvalue weighted by atomic mass is 10.1. The number of primary amides is 1. The molecule has 2 amide bonds. The molecular formula is C20H18ClFN4O2. The van der Waals surface area contributed by atoms with Crippen LogP contribution in [0.3, 0.4) is 0 Å². The molecule has 3 aromatic rings. The maximum atomic E-state index is 13.3. The van der Waals surface area contributed by atoms with Gasteiger partial charge in [-0.05, 0) is 43.2 Å². The van der Waals surface area contributed by atoms with Gasteiger partial charge in [0.25, 0.3) is 5.91 Å². The third-order valence-corrected chi connectivity index (χ3v) is 5.28. The molecule has 1 saturated heterocycles. The van der Waals surface area contributed by atoms with Crippen LogP contribution in [0.15, 0.2) is 42.7 Å². The van der Waals surface area contributed by atoms with Crippen LogP contribution in [0.4, 0.5) is 4.39 Å². The lowest BCUT2D eigenvalue weighted by Crippen LogP contribution is -2.39. The predicted octanol–water partition coefficient (Wildman–Crippen LogP) is 3.35. The molecule has 3 heterocycles. The Morgan fingerprint density at radius 1 is 1.14 bits per heavy atom. The Bertz CT molecular complexity index is 1060. The zero-order valence-corrected chi connectivity index (χ0v) is 15.7. The highest BCUT2D eigenvalue weighted by atomic mass is 35.5. The van der Waals surface area contributed by atoms with Crippen molar-refractivity contribution in [2.45, 2.75) is 19.0 Å². The van der Waals surface area contributed by atoms with Crippen LogP contribution in [0, 0.1) is 0 Å². The second-order valence-corrected chi connectivity index (χ2v) is 7.23. The molecule has 1 fully saturated rings. The number of hydrogen-bond acceptors (Lipinski definition) is 3. The SMILES string of the molecule is NC(=O)c1ccc(-n2cc(Cl)c3cc(C(=O)N4CCC(F)CC4)cnc32)cc1. The number of carbonyl (C=O) groups is 2. The number of piperidine rings is 1.